The van der Waals surface area contributed by atoms with Gasteiger partial charge in [0.25, 0.3) is 0 Å². The van der Waals surface area contributed by atoms with E-state index in [1.165, 1.54) is 69.5 Å². The molecule has 0 N–H and O–H groups in total. The molecule has 12 rings (SSSR count). The van der Waals surface area contributed by atoms with E-state index in [-0.39, 0.29) is 0 Å². The number of hydrogen-bond donors (Lipinski definition) is 0. The van der Waals surface area contributed by atoms with Crippen molar-refractivity contribution in [1.29, 1.82) is 0 Å². The van der Waals surface area contributed by atoms with Crippen LogP contribution in [0.25, 0.3) is 120 Å². The SMILES string of the molecule is c1ccc(-c2nc(-c3ccc(-c4ccc(-c5ccc(-c6cccc7sc8ccccc8c67)c6ccccc56)c5ccccc45)cc3)nc(-c3ccccc3-c3ccccc3)n2)cc1. The molecule has 63 heavy (non-hydrogen) atoms. The molecular formula is C59H37N3S. The summed E-state index contributed by atoms with van der Waals surface area (Å²) in [5.41, 5.74) is 12.3. The van der Waals surface area contributed by atoms with Gasteiger partial charge in [0.1, 0.15) is 0 Å². The van der Waals surface area contributed by atoms with Gasteiger partial charge >= 0.3 is 0 Å². The molecule has 0 saturated heterocycles. The van der Waals surface area contributed by atoms with Crippen molar-refractivity contribution in [1.82, 2.24) is 15.0 Å². The number of benzene rings is 10. The van der Waals surface area contributed by atoms with Gasteiger partial charge in [-0.15, -0.1) is 11.3 Å². The third kappa shape index (κ3) is 6.48. The highest BCUT2D eigenvalue weighted by atomic mass is 32.1. The van der Waals surface area contributed by atoms with Gasteiger partial charge in [-0.2, -0.15) is 0 Å². The van der Waals surface area contributed by atoms with Gasteiger partial charge in [-0.1, -0.05) is 212 Å². The molecule has 0 aliphatic heterocycles. The van der Waals surface area contributed by atoms with Crippen LogP contribution in [0, 0.1) is 0 Å². The van der Waals surface area contributed by atoms with Gasteiger partial charge in [-0.05, 0) is 78.2 Å². The summed E-state index contributed by atoms with van der Waals surface area (Å²) in [6.45, 7) is 0. The highest BCUT2D eigenvalue weighted by Crippen LogP contribution is 2.45. The summed E-state index contributed by atoms with van der Waals surface area (Å²) in [6.07, 6.45) is 0. The van der Waals surface area contributed by atoms with Gasteiger partial charge in [-0.25, -0.2) is 15.0 Å². The Morgan fingerprint density at radius 1 is 0.222 bits per heavy atom. The Bertz CT molecular complexity index is 3670. The number of nitrogens with zero attached hydrogens (tertiary/aromatic N) is 3. The fourth-order valence-corrected chi connectivity index (χ4v) is 10.4. The monoisotopic (exact) mass is 819 g/mol. The topological polar surface area (TPSA) is 38.7 Å². The maximum absolute atomic E-state index is 5.14. The summed E-state index contributed by atoms with van der Waals surface area (Å²) in [7, 11) is 0. The van der Waals surface area contributed by atoms with Crippen molar-refractivity contribution < 1.29 is 0 Å². The lowest BCUT2D eigenvalue weighted by Gasteiger charge is -2.16. The maximum Gasteiger partial charge on any atom is 0.164 e. The van der Waals surface area contributed by atoms with Crippen LogP contribution in [0.4, 0.5) is 0 Å². The molecule has 0 aliphatic carbocycles. The molecule has 10 aromatic carbocycles. The van der Waals surface area contributed by atoms with Crippen LogP contribution in [0.3, 0.4) is 0 Å². The molecule has 12 aromatic rings. The highest BCUT2D eigenvalue weighted by molar-refractivity contribution is 7.25. The largest absolute Gasteiger partial charge is 0.208 e. The standard InChI is InChI=1S/C59H37N3S/c1-3-16-38(17-4-1)42-20-7-12-25-52(42)59-61-57(40-18-5-2-6-19-40)60-58(62-59)41-32-30-39(31-33-41)43-34-35-48(45-22-9-8-21-44(43)45)49-36-37-50(47-24-11-10-23-46(47)49)51-27-15-29-55-56(51)53-26-13-14-28-54(53)63-55/h1-37H. The molecule has 0 spiro atoms. The molecule has 0 fully saturated rings. The minimum absolute atomic E-state index is 0.632. The van der Waals surface area contributed by atoms with E-state index in [1.54, 1.807) is 0 Å². The minimum Gasteiger partial charge on any atom is -0.208 e. The summed E-state index contributed by atoms with van der Waals surface area (Å²) in [4.78, 5) is 15.2. The lowest BCUT2D eigenvalue weighted by Crippen LogP contribution is -2.01. The van der Waals surface area contributed by atoms with Crippen LogP contribution in [0.5, 0.6) is 0 Å². The van der Waals surface area contributed by atoms with Crippen molar-refractivity contribution in [3.05, 3.63) is 224 Å². The Morgan fingerprint density at radius 2 is 0.619 bits per heavy atom. The molecule has 0 bridgehead atoms. The second kappa shape index (κ2) is 15.4. The van der Waals surface area contributed by atoms with Crippen LogP contribution >= 0.6 is 11.3 Å². The first kappa shape index (κ1) is 36.8. The molecule has 0 radical (unpaired) electrons. The quantitative estimate of drug-likeness (QED) is 0.161. The summed E-state index contributed by atoms with van der Waals surface area (Å²) >= 11 is 1.87. The third-order valence-corrected chi connectivity index (χ3v) is 13.3. The Hall–Kier alpha value is -8.05. The molecule has 2 heterocycles. The smallest absolute Gasteiger partial charge is 0.164 e. The first-order chi connectivity index (χ1) is 31.2. The average Bonchev–Trinajstić information content (AvgIpc) is 3.75. The van der Waals surface area contributed by atoms with Crippen molar-refractivity contribution in [3.63, 3.8) is 0 Å². The molecule has 0 saturated carbocycles. The van der Waals surface area contributed by atoms with E-state index in [4.69, 9.17) is 15.0 Å². The first-order valence-corrected chi connectivity index (χ1v) is 22.1. The van der Waals surface area contributed by atoms with Crippen molar-refractivity contribution >= 4 is 53.1 Å². The van der Waals surface area contributed by atoms with E-state index in [9.17, 15) is 0 Å². The van der Waals surface area contributed by atoms with Crippen LogP contribution in [-0.2, 0) is 0 Å². The lowest BCUT2D eigenvalue weighted by molar-refractivity contribution is 1.07. The Morgan fingerprint density at radius 3 is 1.25 bits per heavy atom. The lowest BCUT2D eigenvalue weighted by atomic mass is 9.87. The third-order valence-electron chi connectivity index (χ3n) is 12.2. The first-order valence-electron chi connectivity index (χ1n) is 21.3. The van der Waals surface area contributed by atoms with Crippen molar-refractivity contribution in [2.24, 2.45) is 0 Å². The molecular weight excluding hydrogens is 783 g/mol. The zero-order valence-corrected chi connectivity index (χ0v) is 34.9. The van der Waals surface area contributed by atoms with Gasteiger partial charge in [0.05, 0.1) is 0 Å². The Kier molecular flexibility index (Phi) is 9.02. The molecule has 0 aliphatic rings. The molecule has 0 amide bonds. The van der Waals surface area contributed by atoms with E-state index in [0.717, 1.165) is 33.4 Å². The van der Waals surface area contributed by atoms with Crippen LogP contribution in [0.2, 0.25) is 0 Å². The molecule has 0 unspecified atom stereocenters. The van der Waals surface area contributed by atoms with Crippen LogP contribution in [0.1, 0.15) is 0 Å². The maximum atomic E-state index is 5.14. The average molecular weight is 820 g/mol. The number of aromatic nitrogens is 3. The second-order valence-electron chi connectivity index (χ2n) is 15.9. The van der Waals surface area contributed by atoms with Gasteiger partial charge in [0, 0.05) is 36.9 Å². The molecule has 4 heteroatoms. The predicted molar refractivity (Wildman–Crippen MR) is 266 cm³/mol. The summed E-state index contributed by atoms with van der Waals surface area (Å²) < 4.78 is 2.64. The van der Waals surface area contributed by atoms with Crippen LogP contribution < -0.4 is 0 Å². The number of thiophene rings is 1. The van der Waals surface area contributed by atoms with Gasteiger partial charge < -0.3 is 0 Å². The van der Waals surface area contributed by atoms with E-state index >= 15 is 0 Å². The Labute approximate surface area is 369 Å². The zero-order valence-electron chi connectivity index (χ0n) is 34.1. The van der Waals surface area contributed by atoms with E-state index in [2.05, 4.69) is 182 Å². The van der Waals surface area contributed by atoms with Crippen molar-refractivity contribution in [2.45, 2.75) is 0 Å². The van der Waals surface area contributed by atoms with E-state index in [0.29, 0.717) is 17.5 Å². The fourth-order valence-electron chi connectivity index (χ4n) is 9.24. The minimum atomic E-state index is 0.632. The van der Waals surface area contributed by atoms with Gasteiger partial charge in [0.15, 0.2) is 17.5 Å². The number of hydrogen-bond acceptors (Lipinski definition) is 4. The van der Waals surface area contributed by atoms with Crippen molar-refractivity contribution in [3.8, 4) is 78.7 Å². The molecule has 0 atom stereocenters. The van der Waals surface area contributed by atoms with Crippen LogP contribution in [-0.4, -0.2) is 15.0 Å². The second-order valence-corrected chi connectivity index (χ2v) is 16.9. The van der Waals surface area contributed by atoms with Crippen LogP contribution in [0.15, 0.2) is 224 Å². The zero-order chi connectivity index (χ0) is 41.7. The number of fused-ring (bicyclic) bond motifs is 5. The fraction of sp³-hybridized carbons (Fsp3) is 0. The normalized spacial score (nSPS) is 11.5. The van der Waals surface area contributed by atoms with E-state index in [1.807, 2.05) is 53.8 Å². The van der Waals surface area contributed by atoms with Gasteiger partial charge in [-0.3, -0.25) is 0 Å². The predicted octanol–water partition coefficient (Wildman–Crippen LogP) is 16.2. The number of rotatable bonds is 7. The molecule has 3 nitrogen and oxygen atoms in total. The highest BCUT2D eigenvalue weighted by Gasteiger charge is 2.19. The molecule has 294 valence electrons. The van der Waals surface area contributed by atoms with Gasteiger partial charge in [0.2, 0.25) is 0 Å². The summed E-state index contributed by atoms with van der Waals surface area (Å²) in [5, 5.41) is 7.56. The Balaban J connectivity index is 0.946. The van der Waals surface area contributed by atoms with Crippen molar-refractivity contribution in [2.75, 3.05) is 0 Å². The van der Waals surface area contributed by atoms with E-state index < -0.39 is 0 Å². The summed E-state index contributed by atoms with van der Waals surface area (Å²) in [5.74, 6) is 1.91. The summed E-state index contributed by atoms with van der Waals surface area (Å²) in [6, 6.07) is 80.0. The molecule has 2 aromatic heterocycles.